The SMILES string of the molecule is Cl.NC1CCC2CN(C(=O)c3cc(C4CC4)[nH]n3)CC12. The van der Waals surface area contributed by atoms with Crippen LogP contribution >= 0.6 is 12.4 Å². The Morgan fingerprint density at radius 2 is 2.10 bits per heavy atom. The highest BCUT2D eigenvalue weighted by Crippen LogP contribution is 2.40. The maximum atomic E-state index is 12.4. The molecular weight excluding hydrogens is 276 g/mol. The molecule has 20 heavy (non-hydrogen) atoms. The fraction of sp³-hybridized carbons (Fsp3) is 0.714. The summed E-state index contributed by atoms with van der Waals surface area (Å²) in [6, 6.07) is 2.22. The number of hydrogen-bond donors (Lipinski definition) is 2. The second-order valence-electron chi connectivity index (χ2n) is 6.36. The maximum absolute atomic E-state index is 12.4. The Kier molecular flexibility index (Phi) is 3.50. The van der Waals surface area contributed by atoms with Gasteiger partial charge in [-0.25, -0.2) is 0 Å². The Morgan fingerprint density at radius 3 is 2.80 bits per heavy atom. The van der Waals surface area contributed by atoms with Gasteiger partial charge in [0.2, 0.25) is 0 Å². The molecule has 0 radical (unpaired) electrons. The molecule has 2 saturated carbocycles. The molecule has 3 N–H and O–H groups in total. The average Bonchev–Trinajstić information content (AvgIpc) is 2.88. The van der Waals surface area contributed by atoms with E-state index in [9.17, 15) is 4.79 Å². The van der Waals surface area contributed by atoms with Crippen molar-refractivity contribution in [2.75, 3.05) is 13.1 Å². The van der Waals surface area contributed by atoms with Gasteiger partial charge in [-0.3, -0.25) is 9.89 Å². The number of amides is 1. The van der Waals surface area contributed by atoms with Crippen LogP contribution in [0, 0.1) is 11.8 Å². The van der Waals surface area contributed by atoms with Crippen molar-refractivity contribution in [1.29, 1.82) is 0 Å². The Balaban J connectivity index is 0.00000121. The number of aromatic amines is 1. The third kappa shape index (κ3) is 2.23. The molecule has 1 saturated heterocycles. The van der Waals surface area contributed by atoms with Crippen LogP contribution in [-0.2, 0) is 0 Å². The minimum absolute atomic E-state index is 0. The topological polar surface area (TPSA) is 75.0 Å². The average molecular weight is 297 g/mol. The molecule has 1 aliphatic heterocycles. The molecule has 3 aliphatic rings. The molecule has 0 aromatic carbocycles. The summed E-state index contributed by atoms with van der Waals surface area (Å²) in [5.41, 5.74) is 7.82. The first-order valence-electron chi connectivity index (χ1n) is 7.32. The number of nitrogens with two attached hydrogens (primary N) is 1. The zero-order valence-electron chi connectivity index (χ0n) is 11.4. The van der Waals surface area contributed by atoms with E-state index >= 15 is 0 Å². The number of hydrogen-bond acceptors (Lipinski definition) is 3. The molecule has 4 rings (SSSR count). The largest absolute Gasteiger partial charge is 0.337 e. The number of likely N-dealkylation sites (tertiary alicyclic amines) is 1. The van der Waals surface area contributed by atoms with Gasteiger partial charge in [-0.1, -0.05) is 0 Å². The predicted molar refractivity (Wildman–Crippen MR) is 77.9 cm³/mol. The van der Waals surface area contributed by atoms with Crippen LogP contribution in [0.3, 0.4) is 0 Å². The lowest BCUT2D eigenvalue weighted by Crippen LogP contribution is -2.33. The molecule has 6 heteroatoms. The van der Waals surface area contributed by atoms with E-state index in [0.717, 1.165) is 25.2 Å². The van der Waals surface area contributed by atoms with Gasteiger partial charge in [0.1, 0.15) is 5.69 Å². The molecule has 0 spiro atoms. The summed E-state index contributed by atoms with van der Waals surface area (Å²) in [5, 5.41) is 7.20. The van der Waals surface area contributed by atoms with Crippen molar-refractivity contribution < 1.29 is 4.79 Å². The van der Waals surface area contributed by atoms with Crippen molar-refractivity contribution in [3.05, 3.63) is 17.5 Å². The molecule has 2 aliphatic carbocycles. The summed E-state index contributed by atoms with van der Waals surface area (Å²) >= 11 is 0. The van der Waals surface area contributed by atoms with Crippen molar-refractivity contribution in [2.45, 2.75) is 37.6 Å². The molecule has 2 heterocycles. The van der Waals surface area contributed by atoms with Crippen molar-refractivity contribution in [3.63, 3.8) is 0 Å². The Morgan fingerprint density at radius 1 is 1.30 bits per heavy atom. The lowest BCUT2D eigenvalue weighted by molar-refractivity contribution is 0.0773. The number of nitrogens with zero attached hydrogens (tertiary/aromatic N) is 2. The fourth-order valence-corrected chi connectivity index (χ4v) is 3.68. The number of rotatable bonds is 2. The first kappa shape index (κ1) is 13.9. The van der Waals surface area contributed by atoms with Gasteiger partial charge >= 0.3 is 0 Å². The summed E-state index contributed by atoms with van der Waals surface area (Å²) in [7, 11) is 0. The summed E-state index contributed by atoms with van der Waals surface area (Å²) in [4.78, 5) is 14.4. The monoisotopic (exact) mass is 296 g/mol. The van der Waals surface area contributed by atoms with Gasteiger partial charge in [-0.05, 0) is 43.6 Å². The molecule has 3 atom stereocenters. The molecular formula is C14H21ClN4O. The molecule has 3 unspecified atom stereocenters. The standard InChI is InChI=1S/C14H20N4O.ClH/c15-11-4-3-9-6-18(7-10(9)11)14(19)13-5-12(16-17-13)8-1-2-8;/h5,8-11H,1-4,6-7,15H2,(H,16,17);1H. The number of halogens is 1. The van der Waals surface area contributed by atoms with Gasteiger partial charge < -0.3 is 10.6 Å². The van der Waals surface area contributed by atoms with Gasteiger partial charge in [0, 0.05) is 30.7 Å². The molecule has 1 aromatic rings. The van der Waals surface area contributed by atoms with Crippen LogP contribution in [0.5, 0.6) is 0 Å². The minimum atomic E-state index is 0. The Hall–Kier alpha value is -1.07. The quantitative estimate of drug-likeness (QED) is 0.869. The molecule has 1 aromatic heterocycles. The second kappa shape index (κ2) is 5.04. The summed E-state index contributed by atoms with van der Waals surface area (Å²) < 4.78 is 0. The van der Waals surface area contributed by atoms with E-state index in [1.165, 1.54) is 19.3 Å². The van der Waals surface area contributed by atoms with Crippen LogP contribution in [0.1, 0.15) is 47.8 Å². The number of fused-ring (bicyclic) bond motifs is 1. The summed E-state index contributed by atoms with van der Waals surface area (Å²) in [6.07, 6.45) is 4.73. The van der Waals surface area contributed by atoms with Crippen molar-refractivity contribution in [3.8, 4) is 0 Å². The van der Waals surface area contributed by atoms with Gasteiger partial charge in [-0.2, -0.15) is 5.10 Å². The van der Waals surface area contributed by atoms with E-state index in [4.69, 9.17) is 5.73 Å². The number of H-pyrrole nitrogens is 1. The van der Waals surface area contributed by atoms with Crippen molar-refractivity contribution >= 4 is 18.3 Å². The van der Waals surface area contributed by atoms with Crippen LogP contribution < -0.4 is 5.73 Å². The van der Waals surface area contributed by atoms with E-state index in [0.29, 0.717) is 23.4 Å². The number of carbonyl (C=O) groups is 1. The maximum Gasteiger partial charge on any atom is 0.274 e. The van der Waals surface area contributed by atoms with Gasteiger partial charge in [-0.15, -0.1) is 12.4 Å². The first-order valence-corrected chi connectivity index (χ1v) is 7.32. The molecule has 0 bridgehead atoms. The number of nitrogens with one attached hydrogen (secondary N) is 1. The number of aromatic nitrogens is 2. The summed E-state index contributed by atoms with van der Waals surface area (Å²) in [6.45, 7) is 1.68. The molecule has 3 fully saturated rings. The van der Waals surface area contributed by atoms with Gasteiger partial charge in [0.25, 0.3) is 5.91 Å². The predicted octanol–water partition coefficient (Wildman–Crippen LogP) is 1.52. The van der Waals surface area contributed by atoms with E-state index < -0.39 is 0 Å². The molecule has 5 nitrogen and oxygen atoms in total. The molecule has 110 valence electrons. The third-order valence-electron chi connectivity index (χ3n) is 5.03. The van der Waals surface area contributed by atoms with Crippen LogP contribution in [0.2, 0.25) is 0 Å². The zero-order valence-corrected chi connectivity index (χ0v) is 12.2. The van der Waals surface area contributed by atoms with Crippen LogP contribution in [0.25, 0.3) is 0 Å². The third-order valence-corrected chi connectivity index (χ3v) is 5.03. The Bertz CT molecular complexity index is 513. The van der Waals surface area contributed by atoms with Gasteiger partial charge in [0.15, 0.2) is 0 Å². The van der Waals surface area contributed by atoms with Crippen LogP contribution in [0.15, 0.2) is 6.07 Å². The van der Waals surface area contributed by atoms with Gasteiger partial charge in [0.05, 0.1) is 0 Å². The molecule has 1 amide bonds. The lowest BCUT2D eigenvalue weighted by atomic mass is 9.98. The Labute approximate surface area is 124 Å². The van der Waals surface area contributed by atoms with E-state index in [1.807, 2.05) is 11.0 Å². The minimum Gasteiger partial charge on any atom is -0.337 e. The fourth-order valence-electron chi connectivity index (χ4n) is 3.68. The second-order valence-corrected chi connectivity index (χ2v) is 6.36. The number of carbonyl (C=O) groups excluding carboxylic acids is 1. The highest BCUT2D eigenvalue weighted by molar-refractivity contribution is 5.92. The van der Waals surface area contributed by atoms with Crippen LogP contribution in [0.4, 0.5) is 0 Å². The van der Waals surface area contributed by atoms with E-state index in [-0.39, 0.29) is 24.4 Å². The van der Waals surface area contributed by atoms with E-state index in [2.05, 4.69) is 10.2 Å². The van der Waals surface area contributed by atoms with E-state index in [1.54, 1.807) is 0 Å². The lowest BCUT2D eigenvalue weighted by Gasteiger charge is -2.17. The normalized spacial score (nSPS) is 32.0. The smallest absolute Gasteiger partial charge is 0.274 e. The van der Waals surface area contributed by atoms with Crippen LogP contribution in [-0.4, -0.2) is 40.1 Å². The summed E-state index contributed by atoms with van der Waals surface area (Å²) in [5.74, 6) is 1.80. The van der Waals surface area contributed by atoms with Crippen molar-refractivity contribution in [1.82, 2.24) is 15.1 Å². The van der Waals surface area contributed by atoms with Crippen molar-refractivity contribution in [2.24, 2.45) is 17.6 Å². The highest BCUT2D eigenvalue weighted by atomic mass is 35.5. The first-order chi connectivity index (χ1) is 9.22. The highest BCUT2D eigenvalue weighted by Gasteiger charge is 2.43. The zero-order chi connectivity index (χ0) is 13.0.